The smallest absolute Gasteiger partial charge is 0.464 e. The highest BCUT2D eigenvalue weighted by molar-refractivity contribution is 8.03. The monoisotopic (exact) mass is 313 g/mol. The van der Waals surface area contributed by atoms with E-state index in [0.29, 0.717) is 4.13 Å². The standard InChI is InChI=1S/C5H6F3NO7S2/c6-5(7,8)17(11,12)9-18(13,14)16-3-1-2-15-4(3)10/h3,9H,1-2H2. The van der Waals surface area contributed by atoms with Crippen molar-refractivity contribution in [1.29, 1.82) is 0 Å². The van der Waals surface area contributed by atoms with Crippen molar-refractivity contribution >= 4 is 26.3 Å². The van der Waals surface area contributed by atoms with E-state index in [2.05, 4.69) is 8.92 Å². The van der Waals surface area contributed by atoms with Gasteiger partial charge in [0.1, 0.15) is 0 Å². The molecule has 0 saturated carbocycles. The van der Waals surface area contributed by atoms with Gasteiger partial charge in [-0.2, -0.15) is 21.6 Å². The quantitative estimate of drug-likeness (QED) is 0.662. The molecule has 0 aromatic heterocycles. The Bertz CT molecular complexity index is 536. The second-order valence-corrected chi connectivity index (χ2v) is 6.26. The largest absolute Gasteiger partial charge is 0.512 e. The van der Waals surface area contributed by atoms with E-state index in [0.717, 1.165) is 0 Å². The van der Waals surface area contributed by atoms with Gasteiger partial charge in [0.05, 0.1) is 6.61 Å². The van der Waals surface area contributed by atoms with Crippen LogP contribution in [-0.2, 0) is 34.0 Å². The maximum atomic E-state index is 11.9. The topological polar surface area (TPSA) is 116 Å². The summed E-state index contributed by atoms with van der Waals surface area (Å²) in [7, 11) is -11.4. The third-order valence-corrected chi connectivity index (χ3v) is 4.44. The summed E-state index contributed by atoms with van der Waals surface area (Å²) in [6, 6.07) is 0. The van der Waals surface area contributed by atoms with Gasteiger partial charge in [-0.05, 0) is 0 Å². The molecule has 0 aromatic rings. The molecule has 0 aromatic carbocycles. The van der Waals surface area contributed by atoms with Gasteiger partial charge in [0.2, 0.25) is 0 Å². The first kappa shape index (κ1) is 15.1. The van der Waals surface area contributed by atoms with Crippen LogP contribution in [0.5, 0.6) is 0 Å². The summed E-state index contributed by atoms with van der Waals surface area (Å²) in [6.45, 7) is -0.176. The Morgan fingerprint density at radius 2 is 1.83 bits per heavy atom. The summed E-state index contributed by atoms with van der Waals surface area (Å²) in [5.74, 6) is -1.11. The van der Waals surface area contributed by atoms with Crippen LogP contribution in [0.25, 0.3) is 0 Å². The van der Waals surface area contributed by atoms with Crippen LogP contribution in [0.1, 0.15) is 6.42 Å². The number of ether oxygens (including phenoxy) is 1. The highest BCUT2D eigenvalue weighted by Crippen LogP contribution is 2.23. The van der Waals surface area contributed by atoms with Crippen LogP contribution in [0.2, 0.25) is 0 Å². The highest BCUT2D eigenvalue weighted by atomic mass is 32.3. The molecule has 1 N–H and O–H groups in total. The van der Waals surface area contributed by atoms with Crippen molar-refractivity contribution in [2.24, 2.45) is 0 Å². The van der Waals surface area contributed by atoms with Crippen LogP contribution in [0.15, 0.2) is 0 Å². The van der Waals surface area contributed by atoms with E-state index in [9.17, 15) is 34.8 Å². The first-order valence-corrected chi connectivity index (χ1v) is 7.03. The maximum Gasteiger partial charge on any atom is 0.512 e. The Balaban J connectivity index is 2.81. The predicted octanol–water partition coefficient (Wildman–Crippen LogP) is -0.997. The first-order valence-electron chi connectivity index (χ1n) is 4.14. The molecule has 1 aliphatic heterocycles. The third kappa shape index (κ3) is 3.54. The normalized spacial score (nSPS) is 21.9. The van der Waals surface area contributed by atoms with Crippen molar-refractivity contribution in [3.63, 3.8) is 0 Å². The molecule has 1 aliphatic rings. The second-order valence-electron chi connectivity index (χ2n) is 3.03. The van der Waals surface area contributed by atoms with Crippen LogP contribution >= 0.6 is 0 Å². The molecule has 106 valence electrons. The number of alkyl halides is 3. The number of rotatable bonds is 4. The highest BCUT2D eigenvalue weighted by Gasteiger charge is 2.49. The molecule has 0 bridgehead atoms. The van der Waals surface area contributed by atoms with Gasteiger partial charge in [-0.1, -0.05) is 4.13 Å². The number of hydrogen-bond acceptors (Lipinski definition) is 7. The fourth-order valence-corrected chi connectivity index (χ4v) is 3.01. The molecule has 1 rings (SSSR count). The molecule has 0 radical (unpaired) electrons. The molecule has 18 heavy (non-hydrogen) atoms. The molecule has 1 saturated heterocycles. The molecule has 1 heterocycles. The molecule has 0 aliphatic carbocycles. The molecule has 1 fully saturated rings. The lowest BCUT2D eigenvalue weighted by atomic mass is 10.3. The van der Waals surface area contributed by atoms with Crippen molar-refractivity contribution in [2.75, 3.05) is 6.61 Å². The SMILES string of the molecule is O=C1OCCC1OS(=O)(=O)NS(=O)(=O)C(F)(F)F. The van der Waals surface area contributed by atoms with E-state index in [1.165, 1.54) is 0 Å². The summed E-state index contributed by atoms with van der Waals surface area (Å²) in [5, 5.41) is 0. The maximum absolute atomic E-state index is 11.9. The Kier molecular flexibility index (Phi) is 3.90. The van der Waals surface area contributed by atoms with Crippen LogP contribution in [0.3, 0.4) is 0 Å². The van der Waals surface area contributed by atoms with E-state index in [1.807, 2.05) is 0 Å². The number of hydrogen-bond donors (Lipinski definition) is 1. The Morgan fingerprint density at radius 1 is 1.28 bits per heavy atom. The van der Waals surface area contributed by atoms with Crippen LogP contribution in [0.4, 0.5) is 13.2 Å². The number of esters is 1. The van der Waals surface area contributed by atoms with Gasteiger partial charge in [0, 0.05) is 6.42 Å². The van der Waals surface area contributed by atoms with Crippen molar-refractivity contribution < 1.29 is 43.7 Å². The average molecular weight is 313 g/mol. The molecule has 1 unspecified atom stereocenters. The fourth-order valence-electron chi connectivity index (χ4n) is 0.919. The van der Waals surface area contributed by atoms with Gasteiger partial charge in [0.25, 0.3) is 0 Å². The van der Waals surface area contributed by atoms with Crippen molar-refractivity contribution in [2.45, 2.75) is 18.0 Å². The Labute approximate surface area is 99.4 Å². The van der Waals surface area contributed by atoms with Gasteiger partial charge >= 0.3 is 31.8 Å². The van der Waals surface area contributed by atoms with Gasteiger partial charge < -0.3 is 4.74 Å². The zero-order chi connectivity index (χ0) is 14.2. The number of sulfonamides is 1. The molecule has 1 atom stereocenters. The number of halogens is 3. The summed E-state index contributed by atoms with van der Waals surface area (Å²) < 4.78 is 87.2. The molecule has 0 spiro atoms. The minimum Gasteiger partial charge on any atom is -0.464 e. The Morgan fingerprint density at radius 3 is 2.22 bits per heavy atom. The predicted molar refractivity (Wildman–Crippen MR) is 47.5 cm³/mol. The van der Waals surface area contributed by atoms with Crippen LogP contribution in [0, 0.1) is 0 Å². The second kappa shape index (κ2) is 4.64. The van der Waals surface area contributed by atoms with E-state index in [1.54, 1.807) is 0 Å². The summed E-state index contributed by atoms with van der Waals surface area (Å²) >= 11 is 0. The molecule has 13 heteroatoms. The number of carbonyl (C=O) groups excluding carboxylic acids is 1. The number of carbonyl (C=O) groups is 1. The van der Waals surface area contributed by atoms with Crippen molar-refractivity contribution in [3.05, 3.63) is 0 Å². The van der Waals surface area contributed by atoms with E-state index in [4.69, 9.17) is 0 Å². The number of cyclic esters (lactones) is 1. The molecular formula is C5H6F3NO7S2. The fraction of sp³-hybridized carbons (Fsp3) is 0.800. The van der Waals surface area contributed by atoms with E-state index >= 15 is 0 Å². The van der Waals surface area contributed by atoms with Crippen LogP contribution in [-0.4, -0.2) is 41.0 Å². The summed E-state index contributed by atoms with van der Waals surface area (Å²) in [5.41, 5.74) is -5.82. The van der Waals surface area contributed by atoms with Crippen molar-refractivity contribution in [3.8, 4) is 0 Å². The molecular weight excluding hydrogens is 307 g/mol. The van der Waals surface area contributed by atoms with Gasteiger partial charge in [-0.25, -0.2) is 17.4 Å². The minimum atomic E-state index is -6.13. The average Bonchev–Trinajstić information content (AvgIpc) is 2.46. The van der Waals surface area contributed by atoms with Gasteiger partial charge in [0.15, 0.2) is 6.10 Å². The van der Waals surface area contributed by atoms with E-state index in [-0.39, 0.29) is 13.0 Å². The summed E-state index contributed by atoms with van der Waals surface area (Å²) in [4.78, 5) is 10.8. The minimum absolute atomic E-state index is 0.176. The lowest BCUT2D eigenvalue weighted by Gasteiger charge is -2.11. The third-order valence-electron chi connectivity index (χ3n) is 1.65. The van der Waals surface area contributed by atoms with Gasteiger partial charge in [-0.15, -0.1) is 0 Å². The lowest BCUT2D eigenvalue weighted by Crippen LogP contribution is -2.42. The lowest BCUT2D eigenvalue weighted by molar-refractivity contribution is -0.143. The molecule has 8 nitrogen and oxygen atoms in total. The summed E-state index contributed by atoms with van der Waals surface area (Å²) in [6.07, 6.45) is -1.88. The van der Waals surface area contributed by atoms with Crippen molar-refractivity contribution in [1.82, 2.24) is 4.13 Å². The zero-order valence-corrected chi connectivity index (χ0v) is 9.93. The number of nitrogens with one attached hydrogen (secondary N) is 1. The zero-order valence-electron chi connectivity index (χ0n) is 8.30. The van der Waals surface area contributed by atoms with Crippen LogP contribution < -0.4 is 4.13 Å². The Hall–Kier alpha value is -0.920. The molecule has 0 amide bonds. The van der Waals surface area contributed by atoms with Gasteiger partial charge in [-0.3, -0.25) is 0 Å². The van der Waals surface area contributed by atoms with E-state index < -0.39 is 37.9 Å². The first-order chi connectivity index (χ1) is 7.95.